The summed E-state index contributed by atoms with van der Waals surface area (Å²) in [5, 5.41) is 10.3. The average Bonchev–Trinajstić information content (AvgIpc) is 2.92. The van der Waals surface area contributed by atoms with Crippen LogP contribution in [0.15, 0.2) is 84.9 Å². The Morgan fingerprint density at radius 2 is 1.95 bits per heavy atom. The summed E-state index contributed by atoms with van der Waals surface area (Å²) in [4.78, 5) is 18.4. The van der Waals surface area contributed by atoms with E-state index in [0.717, 1.165) is 35.3 Å². The highest BCUT2D eigenvalue weighted by Gasteiger charge is 2.32. The molecule has 0 unspecified atom stereocenters. The highest BCUT2D eigenvalue weighted by molar-refractivity contribution is 5.88. The van der Waals surface area contributed by atoms with E-state index < -0.39 is 0 Å². The minimum Gasteiger partial charge on any atom is -0.496 e. The number of hydrogen-bond acceptors (Lipinski definition) is 7. The zero-order valence-electron chi connectivity index (χ0n) is 20.5. The smallest absolute Gasteiger partial charge is 0.323 e. The number of likely N-dealkylation sites (tertiary alicyclic amines) is 1. The maximum Gasteiger partial charge on any atom is 0.323 e. The van der Waals surface area contributed by atoms with Crippen molar-refractivity contribution in [3.63, 3.8) is 0 Å². The summed E-state index contributed by atoms with van der Waals surface area (Å²) in [5.74, 6) is 1.91. The Morgan fingerprint density at radius 3 is 2.73 bits per heavy atom. The van der Waals surface area contributed by atoms with Crippen LogP contribution >= 0.6 is 0 Å². The maximum absolute atomic E-state index is 12.2. The van der Waals surface area contributed by atoms with Gasteiger partial charge in [0.15, 0.2) is 5.82 Å². The van der Waals surface area contributed by atoms with Gasteiger partial charge in [0, 0.05) is 30.4 Å². The van der Waals surface area contributed by atoms with Gasteiger partial charge in [0.25, 0.3) is 0 Å². The highest BCUT2D eigenvalue weighted by atomic mass is 16.5. The summed E-state index contributed by atoms with van der Waals surface area (Å²) in [6, 6.07) is 17.2. The number of anilines is 1. The molecule has 1 N–H and O–H groups in total. The molecule has 1 saturated heterocycles. The quantitative estimate of drug-likeness (QED) is 0.411. The van der Waals surface area contributed by atoms with E-state index in [-0.39, 0.29) is 12.1 Å². The van der Waals surface area contributed by atoms with Gasteiger partial charge in [0.1, 0.15) is 12.7 Å². The number of pyridine rings is 1. The lowest BCUT2D eigenvalue weighted by Gasteiger charge is -2.38. The van der Waals surface area contributed by atoms with Crippen molar-refractivity contribution in [3.05, 3.63) is 96.0 Å². The maximum atomic E-state index is 12.2. The summed E-state index contributed by atoms with van der Waals surface area (Å²) < 4.78 is 17.6. The number of carbonyl (C=O) groups is 1. The number of rotatable bonds is 10. The molecule has 2 amide bonds. The van der Waals surface area contributed by atoms with Crippen molar-refractivity contribution in [2.24, 2.45) is 0 Å². The van der Waals surface area contributed by atoms with Crippen LogP contribution in [0.5, 0.6) is 5.88 Å². The molecule has 1 aliphatic heterocycles. The van der Waals surface area contributed by atoms with Crippen molar-refractivity contribution >= 4 is 17.4 Å². The number of allylic oxidation sites excluding steroid dienone is 4. The van der Waals surface area contributed by atoms with Crippen LogP contribution < -0.4 is 10.1 Å². The summed E-state index contributed by atoms with van der Waals surface area (Å²) in [6.45, 7) is 2.62. The molecule has 3 aromatic rings. The first-order chi connectivity index (χ1) is 18.2. The molecular weight excluding hydrogens is 470 g/mol. The van der Waals surface area contributed by atoms with E-state index in [9.17, 15) is 4.79 Å². The van der Waals surface area contributed by atoms with Crippen LogP contribution in [0.2, 0.25) is 0 Å². The zero-order valence-corrected chi connectivity index (χ0v) is 20.5. The van der Waals surface area contributed by atoms with Crippen LogP contribution in [-0.4, -0.2) is 58.5 Å². The Bertz CT molecular complexity index is 1230. The fourth-order valence-corrected chi connectivity index (χ4v) is 4.01. The summed E-state index contributed by atoms with van der Waals surface area (Å²) in [6.07, 6.45) is 9.32. The van der Waals surface area contributed by atoms with Crippen LogP contribution in [-0.2, 0) is 16.1 Å². The fraction of sp³-hybridized carbons (Fsp3) is 0.286. The zero-order chi connectivity index (χ0) is 25.3. The monoisotopic (exact) mass is 499 g/mol. The Morgan fingerprint density at radius 1 is 1.05 bits per heavy atom. The molecule has 0 radical (unpaired) electrons. The van der Waals surface area contributed by atoms with E-state index >= 15 is 0 Å². The SMILES string of the molecule is O=C(Nc1cccnn1)N1CC(Oc2ccc(C3=CCCC(OCCOCc4ccccc4)=C3)cn2)C1. The number of amides is 2. The van der Waals surface area contributed by atoms with Crippen molar-refractivity contribution in [3.8, 4) is 5.88 Å². The van der Waals surface area contributed by atoms with Gasteiger partial charge in [0.05, 0.1) is 32.1 Å². The number of ether oxygens (including phenoxy) is 3. The Balaban J connectivity index is 1.04. The van der Waals surface area contributed by atoms with Crippen molar-refractivity contribution in [2.75, 3.05) is 31.6 Å². The normalized spacial score (nSPS) is 15.3. The number of hydrogen-bond donors (Lipinski definition) is 1. The number of urea groups is 1. The van der Waals surface area contributed by atoms with E-state index in [1.807, 2.05) is 30.3 Å². The van der Waals surface area contributed by atoms with Gasteiger partial charge in [-0.15, -0.1) is 5.10 Å². The molecule has 3 heterocycles. The molecular formula is C28H29N5O4. The Hall–Kier alpha value is -4.24. The summed E-state index contributed by atoms with van der Waals surface area (Å²) in [7, 11) is 0. The molecule has 190 valence electrons. The van der Waals surface area contributed by atoms with Crippen LogP contribution in [0.25, 0.3) is 5.57 Å². The molecule has 2 aromatic heterocycles. The second kappa shape index (κ2) is 12.1. The van der Waals surface area contributed by atoms with Crippen molar-refractivity contribution in [2.45, 2.75) is 25.6 Å². The molecule has 9 nitrogen and oxygen atoms in total. The predicted molar refractivity (Wildman–Crippen MR) is 139 cm³/mol. The molecule has 37 heavy (non-hydrogen) atoms. The van der Waals surface area contributed by atoms with Crippen LogP contribution in [0.3, 0.4) is 0 Å². The van der Waals surface area contributed by atoms with E-state index in [1.165, 1.54) is 0 Å². The van der Waals surface area contributed by atoms with Gasteiger partial charge in [-0.05, 0) is 41.8 Å². The van der Waals surface area contributed by atoms with Crippen molar-refractivity contribution in [1.29, 1.82) is 0 Å². The molecule has 1 aliphatic carbocycles. The predicted octanol–water partition coefficient (Wildman–Crippen LogP) is 4.46. The van der Waals surface area contributed by atoms with E-state index in [4.69, 9.17) is 14.2 Å². The van der Waals surface area contributed by atoms with Gasteiger partial charge in [-0.3, -0.25) is 5.32 Å². The Labute approximate surface area is 215 Å². The van der Waals surface area contributed by atoms with Crippen molar-refractivity contribution in [1.82, 2.24) is 20.1 Å². The first-order valence-corrected chi connectivity index (χ1v) is 12.3. The lowest BCUT2D eigenvalue weighted by Crippen LogP contribution is -2.57. The minimum atomic E-state index is -0.222. The number of nitrogens with one attached hydrogen (secondary N) is 1. The number of carbonyl (C=O) groups excluding carboxylic acids is 1. The second-order valence-electron chi connectivity index (χ2n) is 8.76. The number of benzene rings is 1. The van der Waals surface area contributed by atoms with Gasteiger partial charge in [-0.25, -0.2) is 9.78 Å². The highest BCUT2D eigenvalue weighted by Crippen LogP contribution is 2.27. The largest absolute Gasteiger partial charge is 0.496 e. The van der Waals surface area contributed by atoms with E-state index in [2.05, 4.69) is 44.8 Å². The minimum absolute atomic E-state index is 0.0936. The summed E-state index contributed by atoms with van der Waals surface area (Å²) >= 11 is 0. The number of aromatic nitrogens is 3. The molecule has 1 aromatic carbocycles. The van der Waals surface area contributed by atoms with Gasteiger partial charge < -0.3 is 19.1 Å². The third-order valence-electron chi connectivity index (χ3n) is 6.00. The lowest BCUT2D eigenvalue weighted by atomic mass is 10.00. The molecule has 0 saturated carbocycles. The van der Waals surface area contributed by atoms with Crippen LogP contribution in [0.4, 0.5) is 10.6 Å². The first kappa shape index (κ1) is 24.5. The van der Waals surface area contributed by atoms with E-state index in [0.29, 0.717) is 44.6 Å². The van der Waals surface area contributed by atoms with Crippen molar-refractivity contribution < 1.29 is 19.0 Å². The number of nitrogens with zero attached hydrogens (tertiary/aromatic N) is 4. The van der Waals surface area contributed by atoms with E-state index in [1.54, 1.807) is 29.4 Å². The summed E-state index contributed by atoms with van der Waals surface area (Å²) in [5.41, 5.74) is 3.25. The lowest BCUT2D eigenvalue weighted by molar-refractivity contribution is 0.0460. The molecule has 9 heteroatoms. The topological polar surface area (TPSA) is 98.7 Å². The molecule has 5 rings (SSSR count). The van der Waals surface area contributed by atoms with Gasteiger partial charge in [-0.1, -0.05) is 36.4 Å². The molecule has 0 bridgehead atoms. The van der Waals surface area contributed by atoms with Gasteiger partial charge in [-0.2, -0.15) is 5.10 Å². The molecule has 0 atom stereocenters. The molecule has 1 fully saturated rings. The average molecular weight is 500 g/mol. The molecule has 0 spiro atoms. The van der Waals surface area contributed by atoms with Crippen LogP contribution in [0.1, 0.15) is 24.0 Å². The van der Waals surface area contributed by atoms with Gasteiger partial charge in [0.2, 0.25) is 5.88 Å². The van der Waals surface area contributed by atoms with Gasteiger partial charge >= 0.3 is 6.03 Å². The third-order valence-corrected chi connectivity index (χ3v) is 6.00. The van der Waals surface area contributed by atoms with Crippen LogP contribution in [0, 0.1) is 0 Å². The standard InChI is InChI=1S/C28H29N5O4/c34-28(31-26-10-5-13-30-32-26)33-18-25(19-33)37-27-12-11-23(17-29-27)22-8-4-9-24(16-22)36-15-14-35-20-21-6-2-1-3-7-21/h1-3,5-8,10-13,16-17,25H,4,9,14-15,18-20H2,(H,31,32,34). The first-order valence-electron chi connectivity index (χ1n) is 12.3. The second-order valence-corrected chi connectivity index (χ2v) is 8.76. The molecule has 2 aliphatic rings. The Kier molecular flexibility index (Phi) is 8.02. The fourth-order valence-electron chi connectivity index (χ4n) is 4.01. The third kappa shape index (κ3) is 6.92.